The number of imidazole rings is 1. The van der Waals surface area contributed by atoms with Crippen molar-refractivity contribution in [1.29, 1.82) is 0 Å². The molecule has 30 heavy (non-hydrogen) atoms. The molecule has 0 radical (unpaired) electrons. The van der Waals surface area contributed by atoms with Gasteiger partial charge in [0.15, 0.2) is 0 Å². The number of benzene rings is 2. The number of aromatic nitrogens is 2. The number of carbonyl (C=O) groups is 2. The van der Waals surface area contributed by atoms with Crippen molar-refractivity contribution in [2.45, 2.75) is 18.6 Å². The van der Waals surface area contributed by atoms with E-state index in [1.165, 1.54) is 25.2 Å². The van der Waals surface area contributed by atoms with Crippen LogP contribution < -0.4 is 10.6 Å². The van der Waals surface area contributed by atoms with E-state index >= 15 is 0 Å². The number of aryl methyl sites for hydroxylation is 1. The zero-order chi connectivity index (χ0) is 21.9. The summed E-state index contributed by atoms with van der Waals surface area (Å²) in [7, 11) is 1.24. The average Bonchev–Trinajstić information content (AvgIpc) is 3.04. The summed E-state index contributed by atoms with van der Waals surface area (Å²) >= 11 is 0. The van der Waals surface area contributed by atoms with E-state index in [1.807, 2.05) is 30.3 Å². The number of nitrogens with zero attached hydrogens (tertiary/aromatic N) is 2. The van der Waals surface area contributed by atoms with E-state index in [1.54, 1.807) is 0 Å². The Morgan fingerprint density at radius 1 is 1.13 bits per heavy atom. The number of hydrogen-bond donors (Lipinski definition) is 3. The van der Waals surface area contributed by atoms with Gasteiger partial charge in [0, 0.05) is 12.7 Å². The molecule has 3 aromatic rings. The van der Waals surface area contributed by atoms with Gasteiger partial charge in [-0.1, -0.05) is 30.3 Å². The molecule has 1 aromatic heterocycles. The highest BCUT2D eigenvalue weighted by Crippen LogP contribution is 2.31. The molecule has 3 N–H and O–H groups in total. The fourth-order valence-electron chi connectivity index (χ4n) is 3.03. The van der Waals surface area contributed by atoms with Gasteiger partial charge >= 0.3 is 18.0 Å². The number of anilines is 1. The van der Waals surface area contributed by atoms with Gasteiger partial charge in [0.25, 0.3) is 0 Å². The van der Waals surface area contributed by atoms with Gasteiger partial charge in [-0.25, -0.2) is 4.98 Å². The fourth-order valence-corrected chi connectivity index (χ4v) is 3.03. The Bertz CT molecular complexity index is 1060. The Morgan fingerprint density at radius 3 is 2.47 bits per heavy atom. The number of rotatable bonds is 5. The van der Waals surface area contributed by atoms with Crippen LogP contribution in [0.25, 0.3) is 11.0 Å². The molecular formula is C20H19F3N4O3. The van der Waals surface area contributed by atoms with Crippen LogP contribution in [0.3, 0.4) is 0 Å². The highest BCUT2D eigenvalue weighted by Gasteiger charge is 2.36. The van der Waals surface area contributed by atoms with Gasteiger partial charge in [0.05, 0.1) is 23.7 Å². The second kappa shape index (κ2) is 8.54. The number of alkyl halides is 3. The van der Waals surface area contributed by atoms with E-state index in [0.29, 0.717) is 6.42 Å². The molecule has 0 saturated heterocycles. The van der Waals surface area contributed by atoms with E-state index in [-0.39, 0.29) is 23.3 Å². The molecule has 2 amide bonds. The van der Waals surface area contributed by atoms with Crippen LogP contribution in [0.4, 0.5) is 18.9 Å². The standard InChI is InChI=1S/C20H19F3N4O3/c1-27-16-8-7-13(10-15(16)26-19(27)20(21,22)23)24-17(29)18(30)25-14(11-28)9-12-5-3-2-4-6-12/h2-8,10,14,28H,9,11H2,1H3,(H,24,29)(H,25,30). The molecule has 0 saturated carbocycles. The molecule has 0 aliphatic heterocycles. The second-order valence-electron chi connectivity index (χ2n) is 6.69. The lowest BCUT2D eigenvalue weighted by molar-refractivity contribution is -0.146. The number of halogens is 3. The molecule has 0 bridgehead atoms. The Kier molecular flexibility index (Phi) is 6.06. The number of amides is 2. The smallest absolute Gasteiger partial charge is 0.394 e. The third kappa shape index (κ3) is 4.77. The van der Waals surface area contributed by atoms with E-state index in [2.05, 4.69) is 15.6 Å². The van der Waals surface area contributed by atoms with Crippen LogP contribution in [-0.4, -0.2) is 39.1 Å². The lowest BCUT2D eigenvalue weighted by Crippen LogP contribution is -2.44. The maximum absolute atomic E-state index is 13.0. The first-order valence-electron chi connectivity index (χ1n) is 8.99. The van der Waals surface area contributed by atoms with Gasteiger partial charge in [-0.15, -0.1) is 0 Å². The lowest BCUT2D eigenvalue weighted by atomic mass is 10.1. The van der Waals surface area contributed by atoms with Crippen molar-refractivity contribution >= 4 is 28.5 Å². The van der Waals surface area contributed by atoms with Crippen molar-refractivity contribution in [1.82, 2.24) is 14.9 Å². The Hall–Kier alpha value is -3.40. The maximum Gasteiger partial charge on any atom is 0.449 e. The molecule has 0 spiro atoms. The molecule has 7 nitrogen and oxygen atoms in total. The van der Waals surface area contributed by atoms with Crippen molar-refractivity contribution in [3.8, 4) is 0 Å². The number of nitrogens with one attached hydrogen (secondary N) is 2. The molecule has 1 heterocycles. The van der Waals surface area contributed by atoms with Crippen LogP contribution in [0, 0.1) is 0 Å². The van der Waals surface area contributed by atoms with Crippen molar-refractivity contribution in [3.05, 3.63) is 59.9 Å². The predicted octanol–water partition coefficient (Wildman–Crippen LogP) is 2.25. The van der Waals surface area contributed by atoms with E-state index in [0.717, 1.165) is 10.1 Å². The Balaban J connectivity index is 1.68. The first-order valence-corrected chi connectivity index (χ1v) is 8.99. The first kappa shape index (κ1) is 21.3. The third-order valence-electron chi connectivity index (χ3n) is 4.48. The van der Waals surface area contributed by atoms with Gasteiger partial charge in [-0.2, -0.15) is 13.2 Å². The van der Waals surface area contributed by atoms with Gasteiger partial charge in [-0.05, 0) is 30.2 Å². The summed E-state index contributed by atoms with van der Waals surface area (Å²) in [5.74, 6) is -3.04. The quantitative estimate of drug-likeness (QED) is 0.552. The van der Waals surface area contributed by atoms with E-state index in [4.69, 9.17) is 0 Å². The summed E-state index contributed by atoms with van der Waals surface area (Å²) in [6.07, 6.45) is -4.29. The van der Waals surface area contributed by atoms with Crippen molar-refractivity contribution in [3.63, 3.8) is 0 Å². The lowest BCUT2D eigenvalue weighted by Gasteiger charge is -2.16. The van der Waals surface area contributed by atoms with Crippen LogP contribution in [0.2, 0.25) is 0 Å². The summed E-state index contributed by atoms with van der Waals surface area (Å²) in [6.45, 7) is -0.367. The summed E-state index contributed by atoms with van der Waals surface area (Å²) < 4.78 is 39.9. The maximum atomic E-state index is 13.0. The summed E-state index contributed by atoms with van der Waals surface area (Å²) in [5, 5.41) is 14.2. The third-order valence-corrected chi connectivity index (χ3v) is 4.48. The molecule has 2 aromatic carbocycles. The summed E-state index contributed by atoms with van der Waals surface area (Å²) in [5.41, 5.74) is 1.25. The van der Waals surface area contributed by atoms with E-state index in [9.17, 15) is 27.9 Å². The largest absolute Gasteiger partial charge is 0.449 e. The number of fused-ring (bicyclic) bond motifs is 1. The van der Waals surface area contributed by atoms with E-state index < -0.39 is 29.9 Å². The normalized spacial score (nSPS) is 12.6. The highest BCUT2D eigenvalue weighted by atomic mass is 19.4. The number of hydrogen-bond acceptors (Lipinski definition) is 4. The van der Waals surface area contributed by atoms with Gasteiger partial charge < -0.3 is 20.3 Å². The molecule has 1 atom stereocenters. The number of carbonyl (C=O) groups excluding carboxylic acids is 2. The molecular weight excluding hydrogens is 401 g/mol. The second-order valence-corrected chi connectivity index (χ2v) is 6.69. The minimum absolute atomic E-state index is 0.0281. The van der Waals surface area contributed by atoms with Gasteiger partial charge in [0.2, 0.25) is 5.82 Å². The highest BCUT2D eigenvalue weighted by molar-refractivity contribution is 6.39. The van der Waals surface area contributed by atoms with Gasteiger partial charge in [-0.3, -0.25) is 9.59 Å². The SMILES string of the molecule is Cn1c(C(F)(F)F)nc2cc(NC(=O)C(=O)NC(CO)Cc3ccccc3)ccc21. The minimum Gasteiger partial charge on any atom is -0.394 e. The van der Waals surface area contributed by atoms with Crippen molar-refractivity contribution in [2.75, 3.05) is 11.9 Å². The first-order chi connectivity index (χ1) is 14.2. The van der Waals surface area contributed by atoms with Crippen LogP contribution in [-0.2, 0) is 29.2 Å². The van der Waals surface area contributed by atoms with Crippen LogP contribution in [0.1, 0.15) is 11.4 Å². The topological polar surface area (TPSA) is 96.2 Å². The van der Waals surface area contributed by atoms with Crippen molar-refractivity contribution in [2.24, 2.45) is 7.05 Å². The van der Waals surface area contributed by atoms with Crippen LogP contribution >= 0.6 is 0 Å². The number of aliphatic hydroxyl groups is 1. The molecule has 0 fully saturated rings. The molecule has 1 unspecified atom stereocenters. The van der Waals surface area contributed by atoms with Gasteiger partial charge in [0.1, 0.15) is 0 Å². The molecule has 3 rings (SSSR count). The zero-order valence-corrected chi connectivity index (χ0v) is 15.9. The predicted molar refractivity (Wildman–Crippen MR) is 104 cm³/mol. The summed E-state index contributed by atoms with van der Waals surface area (Å²) in [4.78, 5) is 27.9. The van der Waals surface area contributed by atoms with Crippen molar-refractivity contribution < 1.29 is 27.9 Å². The molecule has 10 heteroatoms. The minimum atomic E-state index is -4.62. The zero-order valence-electron chi connectivity index (χ0n) is 15.9. The molecule has 0 aliphatic carbocycles. The Labute approximate surface area is 169 Å². The number of aliphatic hydroxyl groups excluding tert-OH is 1. The van der Waals surface area contributed by atoms with Crippen LogP contribution in [0.5, 0.6) is 0 Å². The summed E-state index contributed by atoms with van der Waals surface area (Å²) in [6, 6.07) is 12.5. The van der Waals surface area contributed by atoms with Crippen LogP contribution in [0.15, 0.2) is 48.5 Å². The monoisotopic (exact) mass is 420 g/mol. The average molecular weight is 420 g/mol. The Morgan fingerprint density at radius 2 is 1.83 bits per heavy atom. The fraction of sp³-hybridized carbons (Fsp3) is 0.250. The molecule has 0 aliphatic rings. The molecule has 158 valence electrons.